The number of hydrogen-bond acceptors (Lipinski definition) is 5. The molecule has 21 heavy (non-hydrogen) atoms. The first-order chi connectivity index (χ1) is 10.2. The van der Waals surface area contributed by atoms with Crippen LogP contribution in [0.15, 0.2) is 22.5 Å². The van der Waals surface area contributed by atoms with Gasteiger partial charge in [-0.15, -0.1) is 11.3 Å². The van der Waals surface area contributed by atoms with Crippen LogP contribution in [0.2, 0.25) is 0 Å². The van der Waals surface area contributed by atoms with E-state index in [2.05, 4.69) is 4.98 Å². The number of aromatic nitrogens is 1. The molecule has 1 atom stereocenters. The molecule has 1 unspecified atom stereocenters. The zero-order valence-corrected chi connectivity index (χ0v) is 13.6. The maximum atomic E-state index is 6.36. The van der Waals surface area contributed by atoms with Crippen LogP contribution in [0.4, 0.5) is 5.69 Å². The highest BCUT2D eigenvalue weighted by Gasteiger charge is 2.41. The topological polar surface area (TPSA) is 48.1 Å². The second-order valence-corrected chi connectivity index (χ2v) is 8.48. The first kappa shape index (κ1) is 13.9. The number of fused-ring (bicyclic) bond motifs is 1. The van der Waals surface area contributed by atoms with E-state index < -0.39 is 0 Å². The van der Waals surface area contributed by atoms with Gasteiger partial charge in [0.05, 0.1) is 21.9 Å². The highest BCUT2D eigenvalue weighted by Crippen LogP contribution is 2.44. The van der Waals surface area contributed by atoms with Crippen LogP contribution < -0.4 is 5.73 Å². The van der Waals surface area contributed by atoms with Gasteiger partial charge in [0.2, 0.25) is 0 Å². The molecular weight excluding hydrogens is 300 g/mol. The van der Waals surface area contributed by atoms with Crippen molar-refractivity contribution < 1.29 is 4.74 Å². The van der Waals surface area contributed by atoms with Crippen LogP contribution in [0.25, 0.3) is 10.2 Å². The van der Waals surface area contributed by atoms with Crippen molar-refractivity contribution >= 4 is 39.0 Å². The van der Waals surface area contributed by atoms with Gasteiger partial charge in [0.15, 0.2) is 4.34 Å². The molecule has 0 amide bonds. The van der Waals surface area contributed by atoms with Crippen molar-refractivity contribution in [3.8, 4) is 0 Å². The Morgan fingerprint density at radius 2 is 2.19 bits per heavy atom. The average Bonchev–Trinajstić information content (AvgIpc) is 3.18. The number of rotatable bonds is 3. The zero-order chi connectivity index (χ0) is 14.3. The fraction of sp³-hybridized carbons (Fsp3) is 0.562. The molecule has 5 heteroatoms. The lowest BCUT2D eigenvalue weighted by molar-refractivity contribution is -0.0267. The zero-order valence-electron chi connectivity index (χ0n) is 12.0. The van der Waals surface area contributed by atoms with Gasteiger partial charge in [0.1, 0.15) is 0 Å². The van der Waals surface area contributed by atoms with Crippen LogP contribution in [-0.2, 0) is 4.74 Å². The summed E-state index contributed by atoms with van der Waals surface area (Å²) in [6, 6.07) is 5.93. The summed E-state index contributed by atoms with van der Waals surface area (Å²) >= 11 is 3.57. The van der Waals surface area contributed by atoms with Crippen LogP contribution in [0.1, 0.15) is 38.5 Å². The Balaban J connectivity index is 1.39. The van der Waals surface area contributed by atoms with E-state index >= 15 is 0 Å². The van der Waals surface area contributed by atoms with Gasteiger partial charge in [-0.2, -0.15) is 0 Å². The van der Waals surface area contributed by atoms with Gasteiger partial charge in [-0.1, -0.05) is 24.6 Å². The summed E-state index contributed by atoms with van der Waals surface area (Å²) in [6.07, 6.45) is 8.12. The van der Waals surface area contributed by atoms with Gasteiger partial charge >= 0.3 is 0 Å². The number of thiazole rings is 1. The fourth-order valence-electron chi connectivity index (χ4n) is 3.55. The van der Waals surface area contributed by atoms with Crippen molar-refractivity contribution in [3.05, 3.63) is 18.2 Å². The summed E-state index contributed by atoms with van der Waals surface area (Å²) < 4.78 is 8.67. The van der Waals surface area contributed by atoms with E-state index in [1.165, 1.54) is 43.2 Å². The number of benzene rings is 1. The third-order valence-electron chi connectivity index (χ3n) is 4.64. The van der Waals surface area contributed by atoms with Crippen molar-refractivity contribution in [2.75, 3.05) is 11.5 Å². The first-order valence-electron chi connectivity index (χ1n) is 7.69. The van der Waals surface area contributed by atoms with Gasteiger partial charge in [-0.05, 0) is 43.9 Å². The minimum absolute atomic E-state index is 0.243. The van der Waals surface area contributed by atoms with Crippen LogP contribution in [0, 0.1) is 0 Å². The molecule has 0 bridgehead atoms. The number of ether oxygens (including phenoxy) is 1. The lowest BCUT2D eigenvalue weighted by Crippen LogP contribution is -2.25. The Kier molecular flexibility index (Phi) is 3.59. The lowest BCUT2D eigenvalue weighted by atomic mass is 9.98. The fourth-order valence-corrected chi connectivity index (χ4v) is 5.73. The smallest absolute Gasteiger partial charge is 0.151 e. The lowest BCUT2D eigenvalue weighted by Gasteiger charge is -2.23. The van der Waals surface area contributed by atoms with Crippen molar-refractivity contribution in [2.45, 2.75) is 54.6 Å². The normalized spacial score (nSPS) is 24.3. The maximum Gasteiger partial charge on any atom is 0.151 e. The number of nitrogens with zero attached hydrogens (tertiary/aromatic N) is 1. The molecule has 1 saturated carbocycles. The van der Waals surface area contributed by atoms with Crippen LogP contribution in [0.3, 0.4) is 0 Å². The minimum Gasteiger partial charge on any atom is -0.399 e. The van der Waals surface area contributed by atoms with E-state index in [4.69, 9.17) is 10.5 Å². The van der Waals surface area contributed by atoms with E-state index in [9.17, 15) is 0 Å². The summed E-state index contributed by atoms with van der Waals surface area (Å²) in [5.74, 6) is 1.02. The monoisotopic (exact) mass is 320 g/mol. The number of anilines is 1. The molecule has 2 aromatic rings. The van der Waals surface area contributed by atoms with E-state index in [1.807, 2.05) is 30.0 Å². The molecule has 2 fully saturated rings. The van der Waals surface area contributed by atoms with E-state index in [1.54, 1.807) is 11.3 Å². The number of thioether (sulfide) groups is 1. The standard InChI is InChI=1S/C16H20N2OS2/c17-11-3-4-13-14(9-11)21-15(18-13)20-10-12-5-8-16(19-12)6-1-2-7-16/h3-4,9,12H,1-2,5-8,10,17H2. The van der Waals surface area contributed by atoms with E-state index in [0.717, 1.165) is 21.3 Å². The van der Waals surface area contributed by atoms with Crippen molar-refractivity contribution in [3.63, 3.8) is 0 Å². The van der Waals surface area contributed by atoms with Crippen molar-refractivity contribution in [1.82, 2.24) is 4.98 Å². The number of nitrogen functional groups attached to an aromatic ring is 1. The van der Waals surface area contributed by atoms with Gasteiger partial charge in [0, 0.05) is 11.4 Å². The molecular formula is C16H20N2OS2. The maximum absolute atomic E-state index is 6.36. The highest BCUT2D eigenvalue weighted by atomic mass is 32.2. The summed E-state index contributed by atoms with van der Waals surface area (Å²) in [5, 5.41) is 0. The molecule has 1 aromatic heterocycles. The molecule has 0 radical (unpaired) electrons. The second kappa shape index (κ2) is 5.45. The molecule has 112 valence electrons. The van der Waals surface area contributed by atoms with Gasteiger partial charge in [-0.25, -0.2) is 4.98 Å². The summed E-state index contributed by atoms with van der Waals surface area (Å²) in [7, 11) is 0. The third kappa shape index (κ3) is 2.79. The second-order valence-electron chi connectivity index (χ2n) is 6.19. The molecule has 2 N–H and O–H groups in total. The number of hydrogen-bond donors (Lipinski definition) is 1. The van der Waals surface area contributed by atoms with E-state index in [0.29, 0.717) is 6.10 Å². The predicted molar refractivity (Wildman–Crippen MR) is 90.1 cm³/mol. The summed E-state index contributed by atoms with van der Waals surface area (Å²) in [5.41, 5.74) is 7.93. The van der Waals surface area contributed by atoms with Crippen LogP contribution in [0.5, 0.6) is 0 Å². The van der Waals surface area contributed by atoms with E-state index in [-0.39, 0.29) is 5.60 Å². The molecule has 1 aromatic carbocycles. The molecule has 1 aliphatic carbocycles. The number of nitrogens with two attached hydrogens (primary N) is 1. The van der Waals surface area contributed by atoms with Gasteiger partial charge in [-0.3, -0.25) is 0 Å². The van der Waals surface area contributed by atoms with Crippen LogP contribution in [-0.4, -0.2) is 22.4 Å². The Morgan fingerprint density at radius 3 is 3.05 bits per heavy atom. The highest BCUT2D eigenvalue weighted by molar-refractivity contribution is 8.01. The molecule has 1 saturated heterocycles. The predicted octanol–water partition coefficient (Wildman–Crippen LogP) is 4.46. The molecule has 2 heterocycles. The van der Waals surface area contributed by atoms with Gasteiger partial charge < -0.3 is 10.5 Å². The Morgan fingerprint density at radius 1 is 1.33 bits per heavy atom. The Labute approximate surface area is 133 Å². The molecule has 1 spiro atoms. The Hall–Kier alpha value is -0.780. The molecule has 1 aliphatic heterocycles. The largest absolute Gasteiger partial charge is 0.399 e. The quantitative estimate of drug-likeness (QED) is 0.670. The first-order valence-corrected chi connectivity index (χ1v) is 9.49. The summed E-state index contributed by atoms with van der Waals surface area (Å²) in [4.78, 5) is 4.67. The van der Waals surface area contributed by atoms with Crippen molar-refractivity contribution in [1.29, 1.82) is 0 Å². The molecule has 3 nitrogen and oxygen atoms in total. The molecule has 2 aliphatic rings. The third-order valence-corrected chi connectivity index (χ3v) is 6.93. The summed E-state index contributed by atoms with van der Waals surface area (Å²) in [6.45, 7) is 0. The minimum atomic E-state index is 0.243. The molecule has 4 rings (SSSR count). The SMILES string of the molecule is Nc1ccc2nc(SCC3CCC4(CCCC4)O3)sc2c1. The van der Waals surface area contributed by atoms with Crippen LogP contribution >= 0.6 is 23.1 Å². The Bertz CT molecular complexity index is 649. The van der Waals surface area contributed by atoms with Crippen molar-refractivity contribution in [2.24, 2.45) is 0 Å². The van der Waals surface area contributed by atoms with Gasteiger partial charge in [0.25, 0.3) is 0 Å². The average molecular weight is 320 g/mol.